The summed E-state index contributed by atoms with van der Waals surface area (Å²) in [6.45, 7) is 7.70. The summed E-state index contributed by atoms with van der Waals surface area (Å²) in [5, 5.41) is 17.7. The molecular formula is C25H28FN7O2. The molecule has 0 radical (unpaired) electrons. The fourth-order valence-electron chi connectivity index (χ4n) is 4.11. The van der Waals surface area contributed by atoms with Gasteiger partial charge in [0.25, 0.3) is 5.91 Å². The summed E-state index contributed by atoms with van der Waals surface area (Å²) in [6.07, 6.45) is 4.00. The maximum Gasteiger partial charge on any atom is 0.273 e. The largest absolute Gasteiger partial charge is 0.448 e. The number of fused-ring (bicyclic) bond motifs is 1. The van der Waals surface area contributed by atoms with E-state index >= 15 is 4.39 Å². The van der Waals surface area contributed by atoms with Crippen LogP contribution < -0.4 is 16.0 Å². The van der Waals surface area contributed by atoms with E-state index in [2.05, 4.69) is 36.1 Å². The van der Waals surface area contributed by atoms with Gasteiger partial charge in [0.05, 0.1) is 5.39 Å². The van der Waals surface area contributed by atoms with Crippen LogP contribution in [0.5, 0.6) is 0 Å². The number of hydrogen-bond acceptors (Lipinski definition) is 7. The van der Waals surface area contributed by atoms with Gasteiger partial charge in [0.2, 0.25) is 0 Å². The van der Waals surface area contributed by atoms with Gasteiger partial charge in [-0.1, -0.05) is 32.9 Å². The molecule has 4 heterocycles. The zero-order valence-corrected chi connectivity index (χ0v) is 19.9. The van der Waals surface area contributed by atoms with Gasteiger partial charge in [-0.3, -0.25) is 9.89 Å². The van der Waals surface area contributed by atoms with E-state index in [0.717, 1.165) is 30.5 Å². The zero-order valence-electron chi connectivity index (χ0n) is 19.9. The quantitative estimate of drug-likeness (QED) is 0.334. The lowest BCUT2D eigenvalue weighted by Crippen LogP contribution is -2.24. The first-order valence-electron chi connectivity index (χ1n) is 11.6. The Morgan fingerprint density at radius 1 is 1.29 bits per heavy atom. The lowest BCUT2D eigenvalue weighted by atomic mass is 9.97. The number of halogens is 1. The van der Waals surface area contributed by atoms with E-state index in [9.17, 15) is 4.79 Å². The van der Waals surface area contributed by atoms with Gasteiger partial charge in [-0.05, 0) is 36.2 Å². The molecule has 4 N–H and O–H groups in total. The van der Waals surface area contributed by atoms with Crippen molar-refractivity contribution in [2.75, 3.05) is 18.4 Å². The molecule has 3 aromatic heterocycles. The first-order valence-corrected chi connectivity index (χ1v) is 11.6. The van der Waals surface area contributed by atoms with Crippen molar-refractivity contribution in [3.8, 4) is 11.1 Å². The van der Waals surface area contributed by atoms with Crippen LogP contribution in [0, 0.1) is 5.82 Å². The lowest BCUT2D eigenvalue weighted by molar-refractivity contribution is 0.0945. The van der Waals surface area contributed by atoms with Crippen LogP contribution in [0.4, 0.5) is 10.2 Å². The van der Waals surface area contributed by atoms with E-state index < -0.39 is 11.7 Å². The average molecular weight is 478 g/mol. The molecule has 1 saturated heterocycles. The Labute approximate surface area is 201 Å². The third-order valence-electron chi connectivity index (χ3n) is 6.04. The fourth-order valence-corrected chi connectivity index (χ4v) is 4.11. The minimum absolute atomic E-state index is 0.0294. The maximum atomic E-state index is 15.1. The van der Waals surface area contributed by atoms with Gasteiger partial charge in [-0.25, -0.2) is 14.4 Å². The van der Waals surface area contributed by atoms with Crippen molar-refractivity contribution in [3.63, 3.8) is 0 Å². The Balaban J connectivity index is 1.34. The number of hydrogen-bond donors (Lipinski definition) is 4. The summed E-state index contributed by atoms with van der Waals surface area (Å²) in [6, 6.07) is 7.11. The Kier molecular flexibility index (Phi) is 5.98. The second kappa shape index (κ2) is 9.10. The van der Waals surface area contributed by atoms with Crippen LogP contribution in [0.3, 0.4) is 0 Å². The highest BCUT2D eigenvalue weighted by molar-refractivity contribution is 6.00. The number of benzene rings is 1. The number of pyridine rings is 1. The summed E-state index contributed by atoms with van der Waals surface area (Å²) < 4.78 is 20.5. The topological polar surface area (TPSA) is 121 Å². The summed E-state index contributed by atoms with van der Waals surface area (Å²) in [5.41, 5.74) is 2.39. The van der Waals surface area contributed by atoms with Gasteiger partial charge in [0.15, 0.2) is 23.0 Å². The molecule has 10 heteroatoms. The highest BCUT2D eigenvalue weighted by atomic mass is 19.1. The van der Waals surface area contributed by atoms with Gasteiger partial charge in [-0.15, -0.1) is 0 Å². The van der Waals surface area contributed by atoms with Crippen LogP contribution in [0.1, 0.15) is 49.1 Å². The van der Waals surface area contributed by atoms with E-state index in [0.29, 0.717) is 28.5 Å². The van der Waals surface area contributed by atoms with Crippen LogP contribution in [-0.4, -0.2) is 45.2 Å². The Hall–Kier alpha value is -3.79. The normalized spacial score (nSPS) is 16.1. The van der Waals surface area contributed by atoms with Crippen LogP contribution in [0.2, 0.25) is 0 Å². The molecule has 1 amide bonds. The number of aromatic amines is 1. The molecule has 1 aromatic carbocycles. The Bertz CT molecular complexity index is 1370. The minimum Gasteiger partial charge on any atom is -0.448 e. The Morgan fingerprint density at radius 3 is 2.86 bits per heavy atom. The molecule has 4 aromatic rings. The number of anilines is 1. The number of nitrogens with one attached hydrogen (secondary N) is 4. The number of aromatic nitrogens is 4. The molecule has 1 atom stereocenters. The van der Waals surface area contributed by atoms with Crippen molar-refractivity contribution >= 4 is 22.8 Å². The average Bonchev–Trinajstić information content (AvgIpc) is 3.59. The molecule has 1 aliphatic heterocycles. The number of carbonyl (C=O) groups excluding carboxylic acids is 1. The monoisotopic (exact) mass is 477 g/mol. The molecule has 5 rings (SSSR count). The van der Waals surface area contributed by atoms with Crippen molar-refractivity contribution in [1.82, 2.24) is 30.8 Å². The molecule has 182 valence electrons. The van der Waals surface area contributed by atoms with Crippen molar-refractivity contribution in [3.05, 3.63) is 59.7 Å². The van der Waals surface area contributed by atoms with Crippen molar-refractivity contribution in [2.45, 2.75) is 45.2 Å². The molecular weight excluding hydrogens is 449 g/mol. The molecule has 0 spiro atoms. The molecule has 1 unspecified atom stereocenters. The van der Waals surface area contributed by atoms with Crippen LogP contribution in [-0.2, 0) is 12.0 Å². The van der Waals surface area contributed by atoms with Crippen LogP contribution in [0.25, 0.3) is 22.2 Å². The Morgan fingerprint density at radius 2 is 2.14 bits per heavy atom. The van der Waals surface area contributed by atoms with Crippen LogP contribution >= 0.6 is 0 Å². The zero-order chi connectivity index (χ0) is 24.6. The van der Waals surface area contributed by atoms with E-state index in [1.165, 1.54) is 12.3 Å². The van der Waals surface area contributed by atoms with E-state index in [1.54, 1.807) is 12.3 Å². The molecule has 9 nitrogen and oxygen atoms in total. The van der Waals surface area contributed by atoms with Gasteiger partial charge < -0.3 is 20.4 Å². The maximum absolute atomic E-state index is 15.1. The van der Waals surface area contributed by atoms with Gasteiger partial charge in [0.1, 0.15) is 12.1 Å². The number of H-pyrrole nitrogens is 1. The lowest BCUT2D eigenvalue weighted by Gasteiger charge is -2.12. The summed E-state index contributed by atoms with van der Waals surface area (Å²) >= 11 is 0. The van der Waals surface area contributed by atoms with Crippen LogP contribution in [0.15, 0.2) is 41.1 Å². The third-order valence-corrected chi connectivity index (χ3v) is 6.04. The number of rotatable bonds is 6. The summed E-state index contributed by atoms with van der Waals surface area (Å²) in [5.74, 6) is 0.343. The predicted octanol–water partition coefficient (Wildman–Crippen LogP) is 3.75. The van der Waals surface area contributed by atoms with Crippen molar-refractivity contribution in [1.29, 1.82) is 0 Å². The number of carbonyl (C=O) groups is 1. The van der Waals surface area contributed by atoms with Gasteiger partial charge in [0, 0.05) is 36.3 Å². The second-order valence-corrected chi connectivity index (χ2v) is 9.77. The molecule has 0 bridgehead atoms. The van der Waals surface area contributed by atoms with Crippen molar-refractivity contribution < 1.29 is 13.6 Å². The van der Waals surface area contributed by atoms with E-state index in [4.69, 9.17) is 4.42 Å². The molecule has 1 fully saturated rings. The summed E-state index contributed by atoms with van der Waals surface area (Å²) in [7, 11) is 0. The molecule has 1 aliphatic rings. The van der Waals surface area contributed by atoms with Gasteiger partial charge >= 0.3 is 0 Å². The van der Waals surface area contributed by atoms with Crippen molar-refractivity contribution in [2.24, 2.45) is 0 Å². The standard InChI is InChI=1S/C25H28FN7O2/c1-25(2,3)24-31-19(13-35-24)23(34)29-11-15-5-4-14(10-18(15)26)17-7-9-28-21-20(17)22(33-32-21)30-16-6-8-27-12-16/h4-5,7,9-10,13,16,27H,6,8,11-12H2,1-3H3,(H,29,34)(H2,28,30,32,33). The molecule has 0 saturated carbocycles. The second-order valence-electron chi connectivity index (χ2n) is 9.77. The van der Waals surface area contributed by atoms with E-state index in [-0.39, 0.29) is 23.7 Å². The van der Waals surface area contributed by atoms with Gasteiger partial charge in [-0.2, -0.15) is 5.10 Å². The number of oxazole rings is 1. The smallest absolute Gasteiger partial charge is 0.273 e. The highest BCUT2D eigenvalue weighted by Crippen LogP contribution is 2.33. The van der Waals surface area contributed by atoms with E-state index in [1.807, 2.05) is 32.9 Å². The third kappa shape index (κ3) is 4.74. The first kappa shape index (κ1) is 23.0. The summed E-state index contributed by atoms with van der Waals surface area (Å²) in [4.78, 5) is 21.1. The minimum atomic E-state index is -0.418. The number of nitrogens with zero attached hydrogens (tertiary/aromatic N) is 3. The molecule has 0 aliphatic carbocycles. The predicted molar refractivity (Wildman–Crippen MR) is 131 cm³/mol. The SMILES string of the molecule is CC(C)(C)c1nc(C(=O)NCc2ccc(-c3ccnc4[nH]nc(NC5CCNC5)c34)cc2F)co1. The molecule has 35 heavy (non-hydrogen) atoms. The first-order chi connectivity index (χ1) is 16.8. The fraction of sp³-hybridized carbons (Fsp3) is 0.360. The highest BCUT2D eigenvalue weighted by Gasteiger charge is 2.23. The number of amides is 1.